The molecule has 0 fully saturated rings. The molecule has 3 N–H and O–H groups in total. The van der Waals surface area contributed by atoms with Gasteiger partial charge in [0.2, 0.25) is 0 Å². The van der Waals surface area contributed by atoms with E-state index in [1.807, 2.05) is 0 Å². The molecule has 7 nitrogen and oxygen atoms in total. The smallest absolute Gasteiger partial charge is 0.416 e. The highest BCUT2D eigenvalue weighted by Gasteiger charge is 2.33. The van der Waals surface area contributed by atoms with Gasteiger partial charge >= 0.3 is 12.2 Å². The van der Waals surface area contributed by atoms with Crippen LogP contribution in [0.3, 0.4) is 0 Å². The summed E-state index contributed by atoms with van der Waals surface area (Å²) in [6.45, 7) is 0.989. The number of alkyl halides is 3. The Bertz CT molecular complexity index is 1400. The fourth-order valence-electron chi connectivity index (χ4n) is 3.34. The molecule has 0 atom stereocenters. The molecule has 0 spiro atoms. The minimum Gasteiger partial charge on any atom is -0.489 e. The van der Waals surface area contributed by atoms with Crippen molar-refractivity contribution >= 4 is 34.2 Å². The van der Waals surface area contributed by atoms with Gasteiger partial charge in [0.1, 0.15) is 18.2 Å². The number of carbonyl (C=O) groups excluding carboxylic acids is 2. The van der Waals surface area contributed by atoms with Crippen molar-refractivity contribution in [3.8, 4) is 5.75 Å². The maximum Gasteiger partial charge on any atom is 0.416 e. The number of anilines is 2. The molecule has 0 radical (unpaired) electrons. The second-order valence-electron chi connectivity index (χ2n) is 7.58. The minimum atomic E-state index is -4.73. The number of aromatic nitrogens is 2. The number of H-pyrrole nitrogens is 1. The average Bonchev–Trinajstić information content (AvgIpc) is 3.19. The van der Waals surface area contributed by atoms with Crippen molar-refractivity contribution in [2.24, 2.45) is 0 Å². The lowest BCUT2D eigenvalue weighted by Gasteiger charge is -2.14. The molecule has 4 rings (SSSR count). The average molecular weight is 486 g/mol. The number of aromatic amines is 1. The first-order valence-electron chi connectivity index (χ1n) is 10.3. The first kappa shape index (κ1) is 23.7. The summed E-state index contributed by atoms with van der Waals surface area (Å²) in [4.78, 5) is 23.7. The van der Waals surface area contributed by atoms with Gasteiger partial charge in [0.05, 0.1) is 11.1 Å². The Hall–Kier alpha value is -4.41. The number of nitrogens with one attached hydrogen (secondary N) is 3. The quantitative estimate of drug-likeness (QED) is 0.225. The molecule has 11 heteroatoms. The Morgan fingerprint density at radius 1 is 1.00 bits per heavy atom. The molecule has 4 aromatic rings. The van der Waals surface area contributed by atoms with Gasteiger partial charge in [-0.05, 0) is 61.5 Å². The Labute approximate surface area is 196 Å². The van der Waals surface area contributed by atoms with Crippen molar-refractivity contribution in [3.05, 3.63) is 83.2 Å². The van der Waals surface area contributed by atoms with Crippen LogP contribution >= 0.6 is 0 Å². The maximum atomic E-state index is 13.3. The molecule has 180 valence electrons. The Balaban J connectivity index is 1.47. The zero-order valence-corrected chi connectivity index (χ0v) is 18.2. The van der Waals surface area contributed by atoms with Crippen LogP contribution in [0.5, 0.6) is 5.75 Å². The van der Waals surface area contributed by atoms with Gasteiger partial charge in [-0.3, -0.25) is 15.2 Å². The van der Waals surface area contributed by atoms with Gasteiger partial charge in [-0.15, -0.1) is 0 Å². The van der Waals surface area contributed by atoms with E-state index in [0.29, 0.717) is 28.2 Å². The van der Waals surface area contributed by atoms with E-state index < -0.39 is 30.2 Å². The lowest BCUT2D eigenvalue weighted by Crippen LogP contribution is -2.19. The topological polar surface area (TPSA) is 96.1 Å². The molecular weight excluding hydrogens is 468 g/mol. The van der Waals surface area contributed by atoms with Crippen molar-refractivity contribution in [1.82, 2.24) is 10.2 Å². The number of Topliss-reactive ketones (excluding diaryl/α,β-unsaturated/α-hetero) is 1. The monoisotopic (exact) mass is 486 g/mol. The van der Waals surface area contributed by atoms with E-state index in [4.69, 9.17) is 4.74 Å². The number of carbonyl (C=O) groups is 2. The molecule has 2 amide bonds. The standard InChI is InChI=1S/C24H18F4N4O3/c1-13(33)14-3-6-17(7-4-14)29-23(34)30-22-19-11-18(8-9-21(19)31-32-22)35-12-15-2-5-16(25)10-20(15)24(26,27)28/h2-11H,12H2,1H3,(H3,29,30,31,32,34). The first-order valence-corrected chi connectivity index (χ1v) is 10.3. The molecule has 0 saturated heterocycles. The number of rotatable bonds is 6. The zero-order chi connectivity index (χ0) is 25.2. The van der Waals surface area contributed by atoms with Crippen LogP contribution in [0, 0.1) is 5.82 Å². The highest BCUT2D eigenvalue weighted by Crippen LogP contribution is 2.33. The number of benzene rings is 3. The number of ketones is 1. The fourth-order valence-corrected chi connectivity index (χ4v) is 3.34. The summed E-state index contributed by atoms with van der Waals surface area (Å²) in [5, 5.41) is 12.4. The summed E-state index contributed by atoms with van der Waals surface area (Å²) < 4.78 is 58.5. The number of hydrogen-bond donors (Lipinski definition) is 3. The fraction of sp³-hybridized carbons (Fsp3) is 0.125. The van der Waals surface area contributed by atoms with E-state index >= 15 is 0 Å². The van der Waals surface area contributed by atoms with E-state index in [2.05, 4.69) is 20.8 Å². The third-order valence-electron chi connectivity index (χ3n) is 5.09. The van der Waals surface area contributed by atoms with E-state index in [0.717, 1.165) is 12.1 Å². The normalized spacial score (nSPS) is 11.3. The van der Waals surface area contributed by atoms with Crippen molar-refractivity contribution in [3.63, 3.8) is 0 Å². The lowest BCUT2D eigenvalue weighted by atomic mass is 10.1. The highest BCUT2D eigenvalue weighted by molar-refractivity contribution is 6.05. The summed E-state index contributed by atoms with van der Waals surface area (Å²) in [6.07, 6.45) is -4.73. The largest absolute Gasteiger partial charge is 0.489 e. The maximum absolute atomic E-state index is 13.3. The van der Waals surface area contributed by atoms with E-state index in [1.165, 1.54) is 19.1 Å². The van der Waals surface area contributed by atoms with Crippen LogP contribution in [0.2, 0.25) is 0 Å². The molecule has 0 saturated carbocycles. The van der Waals surface area contributed by atoms with E-state index in [9.17, 15) is 27.2 Å². The Morgan fingerprint density at radius 3 is 2.43 bits per heavy atom. The van der Waals surface area contributed by atoms with Gasteiger partial charge in [-0.1, -0.05) is 6.07 Å². The van der Waals surface area contributed by atoms with Crippen LogP contribution in [0.4, 0.5) is 33.9 Å². The van der Waals surface area contributed by atoms with Crippen LogP contribution in [-0.2, 0) is 12.8 Å². The molecule has 0 aliphatic rings. The van der Waals surface area contributed by atoms with Crippen LogP contribution in [-0.4, -0.2) is 22.0 Å². The molecule has 3 aromatic carbocycles. The summed E-state index contributed by atoms with van der Waals surface area (Å²) in [7, 11) is 0. The molecule has 0 unspecified atom stereocenters. The third kappa shape index (κ3) is 5.57. The number of ether oxygens (including phenoxy) is 1. The van der Waals surface area contributed by atoms with E-state index in [1.54, 1.807) is 30.3 Å². The summed E-state index contributed by atoms with van der Waals surface area (Å²) >= 11 is 0. The predicted octanol–water partition coefficient (Wildman–Crippen LogP) is 6.15. The molecular formula is C24H18F4N4O3. The van der Waals surface area contributed by atoms with Gasteiger partial charge in [-0.2, -0.15) is 18.3 Å². The van der Waals surface area contributed by atoms with Gasteiger partial charge in [0, 0.05) is 22.2 Å². The second kappa shape index (κ2) is 9.45. The number of nitrogens with zero attached hydrogens (tertiary/aromatic N) is 1. The number of hydrogen-bond acceptors (Lipinski definition) is 4. The van der Waals surface area contributed by atoms with Gasteiger partial charge in [0.15, 0.2) is 11.6 Å². The van der Waals surface area contributed by atoms with Crippen LogP contribution in [0.15, 0.2) is 60.7 Å². The number of urea groups is 1. The van der Waals surface area contributed by atoms with Crippen molar-refractivity contribution in [2.45, 2.75) is 19.7 Å². The van der Waals surface area contributed by atoms with Gasteiger partial charge < -0.3 is 10.1 Å². The highest BCUT2D eigenvalue weighted by atomic mass is 19.4. The number of fused-ring (bicyclic) bond motifs is 1. The summed E-state index contributed by atoms with van der Waals surface area (Å²) in [5.74, 6) is -0.707. The summed E-state index contributed by atoms with van der Waals surface area (Å²) in [5.41, 5.74) is 0.175. The molecule has 1 heterocycles. The SMILES string of the molecule is CC(=O)c1ccc(NC(=O)Nc2n[nH]c3ccc(OCc4ccc(F)cc4C(F)(F)F)cc23)cc1. The van der Waals surface area contributed by atoms with Gasteiger partial charge in [-0.25, -0.2) is 9.18 Å². The minimum absolute atomic E-state index is 0.101. The van der Waals surface area contributed by atoms with Gasteiger partial charge in [0.25, 0.3) is 0 Å². The zero-order valence-electron chi connectivity index (χ0n) is 18.2. The predicted molar refractivity (Wildman–Crippen MR) is 121 cm³/mol. The van der Waals surface area contributed by atoms with Crippen molar-refractivity contribution in [2.75, 3.05) is 10.6 Å². The molecule has 35 heavy (non-hydrogen) atoms. The van der Waals surface area contributed by atoms with Crippen molar-refractivity contribution in [1.29, 1.82) is 0 Å². The molecule has 0 bridgehead atoms. The Kier molecular flexibility index (Phi) is 6.41. The van der Waals surface area contributed by atoms with Crippen LogP contribution in [0.25, 0.3) is 10.9 Å². The Morgan fingerprint density at radius 2 is 1.74 bits per heavy atom. The number of amides is 2. The molecule has 1 aromatic heterocycles. The first-order chi connectivity index (χ1) is 16.6. The molecule has 0 aliphatic heterocycles. The van der Waals surface area contributed by atoms with E-state index in [-0.39, 0.29) is 22.9 Å². The van der Waals surface area contributed by atoms with Crippen LogP contribution < -0.4 is 15.4 Å². The van der Waals surface area contributed by atoms with Crippen molar-refractivity contribution < 1.29 is 31.9 Å². The number of halogens is 4. The van der Waals surface area contributed by atoms with Crippen LogP contribution in [0.1, 0.15) is 28.4 Å². The lowest BCUT2D eigenvalue weighted by molar-refractivity contribution is -0.138. The second-order valence-corrected chi connectivity index (χ2v) is 7.58. The molecule has 0 aliphatic carbocycles. The summed E-state index contributed by atoms with van der Waals surface area (Å²) in [6, 6.07) is 12.7. The third-order valence-corrected chi connectivity index (χ3v) is 5.09.